The summed E-state index contributed by atoms with van der Waals surface area (Å²) in [5.41, 5.74) is 0.829. The summed E-state index contributed by atoms with van der Waals surface area (Å²) in [4.78, 5) is 26.3. The molecule has 1 fully saturated rings. The number of nitrogens with zero attached hydrogens (tertiary/aromatic N) is 4. The van der Waals surface area contributed by atoms with Gasteiger partial charge in [-0.1, -0.05) is 53.5 Å². The Hall–Kier alpha value is -2.78. The highest BCUT2D eigenvalue weighted by molar-refractivity contribution is 6.38. The van der Waals surface area contributed by atoms with Crippen LogP contribution in [0.4, 0.5) is 18.9 Å². The monoisotopic (exact) mass is 469 g/mol. The third kappa shape index (κ3) is 4.33. The smallest absolute Gasteiger partial charge is 0.365 e. The van der Waals surface area contributed by atoms with Crippen LogP contribution in [0.1, 0.15) is 16.3 Å². The van der Waals surface area contributed by atoms with Crippen molar-refractivity contribution in [3.63, 3.8) is 0 Å². The second-order valence-electron chi connectivity index (χ2n) is 6.90. The van der Waals surface area contributed by atoms with Crippen LogP contribution >= 0.6 is 23.2 Å². The molecule has 11 heteroatoms. The summed E-state index contributed by atoms with van der Waals surface area (Å²) in [5, 5.41) is 0.782. The molecule has 0 bridgehead atoms. The van der Waals surface area contributed by atoms with E-state index in [9.17, 15) is 18.0 Å². The van der Waals surface area contributed by atoms with Crippen molar-refractivity contribution in [3.05, 3.63) is 64.3 Å². The van der Waals surface area contributed by atoms with Gasteiger partial charge in [0, 0.05) is 44.1 Å². The van der Waals surface area contributed by atoms with E-state index in [1.807, 2.05) is 4.90 Å². The number of aromatic amines is 1. The molecule has 1 aliphatic rings. The van der Waals surface area contributed by atoms with Gasteiger partial charge >= 0.3 is 6.18 Å². The molecule has 0 aliphatic carbocycles. The van der Waals surface area contributed by atoms with Crippen LogP contribution in [-0.2, 0) is 6.18 Å². The first kappa shape index (κ1) is 21.5. The molecule has 1 saturated heterocycles. The summed E-state index contributed by atoms with van der Waals surface area (Å²) < 4.78 is 39.8. The van der Waals surface area contributed by atoms with Gasteiger partial charge in [-0.2, -0.15) is 13.2 Å². The lowest BCUT2D eigenvalue weighted by molar-refractivity contribution is -0.144. The zero-order chi connectivity index (χ0) is 22.2. The lowest BCUT2D eigenvalue weighted by atomic mass is 10.1. The molecule has 162 valence electrons. The number of imidazole rings is 1. The number of piperazine rings is 1. The number of nitrogens with one attached hydrogen (secondary N) is 1. The second kappa shape index (κ2) is 8.39. The van der Waals surface area contributed by atoms with E-state index in [0.717, 1.165) is 0 Å². The minimum atomic E-state index is -4.70. The van der Waals surface area contributed by atoms with Crippen LogP contribution in [0, 0.1) is 0 Å². The second-order valence-corrected chi connectivity index (χ2v) is 7.72. The predicted molar refractivity (Wildman–Crippen MR) is 111 cm³/mol. The number of hydrogen-bond acceptors (Lipinski definition) is 4. The average molecular weight is 470 g/mol. The van der Waals surface area contributed by atoms with Crippen molar-refractivity contribution in [1.82, 2.24) is 19.9 Å². The average Bonchev–Trinajstić information content (AvgIpc) is 3.20. The standard InChI is InChI=1S/C20H16Cl2F3N5O/c21-13-10-26-11-14(22)17(13)29-6-8-30(9-7-29)18(31)16-15(12-4-2-1-3-5-12)27-19(28-16)20(23,24)25/h1-5,10-11H,6-9H2,(H,27,28). The number of pyridine rings is 1. The minimum Gasteiger partial charge on any atom is -0.365 e. The molecule has 3 aromatic rings. The topological polar surface area (TPSA) is 65.1 Å². The highest BCUT2D eigenvalue weighted by atomic mass is 35.5. The molecule has 1 aromatic carbocycles. The number of rotatable bonds is 3. The first-order valence-electron chi connectivity index (χ1n) is 9.31. The number of amides is 1. The highest BCUT2D eigenvalue weighted by Gasteiger charge is 2.38. The van der Waals surface area contributed by atoms with Crippen molar-refractivity contribution in [2.45, 2.75) is 6.18 Å². The number of carbonyl (C=O) groups excluding carboxylic acids is 1. The van der Waals surface area contributed by atoms with Gasteiger partial charge in [0.2, 0.25) is 5.82 Å². The summed E-state index contributed by atoms with van der Waals surface area (Å²) in [6.07, 6.45) is -1.74. The number of aromatic nitrogens is 3. The SMILES string of the molecule is O=C(c1[nH]c(C(F)(F)F)nc1-c1ccccc1)N1CCN(c2c(Cl)cncc2Cl)CC1. The first-order valence-corrected chi connectivity index (χ1v) is 10.1. The zero-order valence-corrected chi connectivity index (χ0v) is 17.5. The molecular weight excluding hydrogens is 454 g/mol. The summed E-state index contributed by atoms with van der Waals surface area (Å²) in [6, 6.07) is 8.30. The van der Waals surface area contributed by atoms with E-state index in [1.165, 1.54) is 17.3 Å². The Morgan fingerprint density at radius 2 is 1.61 bits per heavy atom. The van der Waals surface area contributed by atoms with Crippen LogP contribution in [0.2, 0.25) is 10.0 Å². The summed E-state index contributed by atoms with van der Waals surface area (Å²) in [5.74, 6) is -1.75. The minimum absolute atomic E-state index is 0.0272. The first-order chi connectivity index (χ1) is 14.8. The van der Waals surface area contributed by atoms with E-state index in [-0.39, 0.29) is 24.5 Å². The maximum atomic E-state index is 13.3. The van der Waals surface area contributed by atoms with Gasteiger partial charge < -0.3 is 14.8 Å². The van der Waals surface area contributed by atoms with Gasteiger partial charge in [-0.15, -0.1) is 0 Å². The number of alkyl halides is 3. The van der Waals surface area contributed by atoms with E-state index in [4.69, 9.17) is 23.2 Å². The van der Waals surface area contributed by atoms with E-state index in [2.05, 4.69) is 15.0 Å². The molecule has 3 heterocycles. The zero-order valence-electron chi connectivity index (χ0n) is 16.0. The molecule has 1 N–H and O–H groups in total. The normalized spacial score (nSPS) is 14.7. The molecular formula is C20H16Cl2F3N5O. The summed E-state index contributed by atoms with van der Waals surface area (Å²) >= 11 is 12.4. The number of anilines is 1. The van der Waals surface area contributed by atoms with Crippen LogP contribution in [-0.4, -0.2) is 51.9 Å². The maximum Gasteiger partial charge on any atom is 0.449 e. The molecule has 1 aliphatic heterocycles. The largest absolute Gasteiger partial charge is 0.449 e. The van der Waals surface area contributed by atoms with E-state index in [1.54, 1.807) is 30.3 Å². The van der Waals surface area contributed by atoms with E-state index in [0.29, 0.717) is 34.4 Å². The van der Waals surface area contributed by atoms with Crippen LogP contribution in [0.25, 0.3) is 11.3 Å². The molecule has 6 nitrogen and oxygen atoms in total. The molecule has 0 unspecified atom stereocenters. The fourth-order valence-corrected chi connectivity index (χ4v) is 4.07. The van der Waals surface area contributed by atoms with Gasteiger partial charge in [-0.25, -0.2) is 4.98 Å². The van der Waals surface area contributed by atoms with Crippen LogP contribution in [0.3, 0.4) is 0 Å². The van der Waals surface area contributed by atoms with E-state index < -0.39 is 17.9 Å². The molecule has 31 heavy (non-hydrogen) atoms. The van der Waals surface area contributed by atoms with Crippen LogP contribution < -0.4 is 4.90 Å². The Balaban J connectivity index is 1.59. The third-order valence-electron chi connectivity index (χ3n) is 4.94. The van der Waals surface area contributed by atoms with Crippen molar-refractivity contribution in [3.8, 4) is 11.3 Å². The Morgan fingerprint density at radius 1 is 1.00 bits per heavy atom. The Labute approximate surface area is 185 Å². The number of carbonyl (C=O) groups is 1. The fourth-order valence-electron chi connectivity index (χ4n) is 3.47. The molecule has 0 saturated carbocycles. The summed E-state index contributed by atoms with van der Waals surface area (Å²) in [7, 11) is 0. The maximum absolute atomic E-state index is 13.3. The van der Waals surface area contributed by atoms with Gasteiger partial charge in [-0.3, -0.25) is 9.78 Å². The Bertz CT molecular complexity index is 1080. The lowest BCUT2D eigenvalue weighted by Crippen LogP contribution is -2.49. The quantitative estimate of drug-likeness (QED) is 0.600. The number of halogens is 5. The molecule has 0 spiro atoms. The molecule has 0 radical (unpaired) electrons. The van der Waals surface area contributed by atoms with Gasteiger partial charge in [0.25, 0.3) is 5.91 Å². The van der Waals surface area contributed by atoms with Crippen molar-refractivity contribution in [2.75, 3.05) is 31.1 Å². The van der Waals surface area contributed by atoms with Crippen molar-refractivity contribution >= 4 is 34.8 Å². The van der Waals surface area contributed by atoms with E-state index >= 15 is 0 Å². The van der Waals surface area contributed by atoms with Gasteiger partial charge in [0.1, 0.15) is 11.4 Å². The number of hydrogen-bond donors (Lipinski definition) is 1. The Morgan fingerprint density at radius 3 is 2.19 bits per heavy atom. The third-order valence-corrected chi connectivity index (χ3v) is 5.50. The predicted octanol–water partition coefficient (Wildman–Crippen LogP) is 4.76. The van der Waals surface area contributed by atoms with Crippen molar-refractivity contribution in [2.24, 2.45) is 0 Å². The van der Waals surface area contributed by atoms with Crippen molar-refractivity contribution < 1.29 is 18.0 Å². The fraction of sp³-hybridized carbons (Fsp3) is 0.250. The number of benzene rings is 1. The number of H-pyrrole nitrogens is 1. The molecule has 2 aromatic heterocycles. The van der Waals surface area contributed by atoms with Crippen LogP contribution in [0.5, 0.6) is 0 Å². The van der Waals surface area contributed by atoms with Crippen molar-refractivity contribution in [1.29, 1.82) is 0 Å². The van der Waals surface area contributed by atoms with Gasteiger partial charge in [0.05, 0.1) is 15.7 Å². The highest BCUT2D eigenvalue weighted by Crippen LogP contribution is 2.34. The summed E-state index contributed by atoms with van der Waals surface area (Å²) in [6.45, 7) is 1.39. The molecule has 4 rings (SSSR count). The molecule has 0 atom stereocenters. The van der Waals surface area contributed by atoms with Crippen LogP contribution in [0.15, 0.2) is 42.7 Å². The molecule has 1 amide bonds. The van der Waals surface area contributed by atoms with Gasteiger partial charge in [0.15, 0.2) is 0 Å². The Kier molecular flexibility index (Phi) is 5.81. The van der Waals surface area contributed by atoms with Gasteiger partial charge in [-0.05, 0) is 0 Å². The lowest BCUT2D eigenvalue weighted by Gasteiger charge is -2.36.